The number of nitrogens with zero attached hydrogens (tertiary/aromatic N) is 2. The van der Waals surface area contributed by atoms with Crippen LogP contribution in [-0.2, 0) is 11.2 Å². The molecule has 2 aromatic carbocycles. The molecule has 148 valence electrons. The number of aromatic amines is 1. The van der Waals surface area contributed by atoms with E-state index in [1.54, 1.807) is 6.20 Å². The normalized spacial score (nSPS) is 12.4. The average Bonchev–Trinajstić information content (AvgIpc) is 3.38. The fourth-order valence-corrected chi connectivity index (χ4v) is 3.30. The van der Waals surface area contributed by atoms with Crippen LogP contribution in [0.5, 0.6) is 0 Å². The van der Waals surface area contributed by atoms with E-state index in [1.807, 2.05) is 54.6 Å². The molecule has 2 aromatic heterocycles. The zero-order valence-corrected chi connectivity index (χ0v) is 16.6. The summed E-state index contributed by atoms with van der Waals surface area (Å²) in [6, 6.07) is 17.5. The van der Waals surface area contributed by atoms with Crippen LogP contribution in [-0.4, -0.2) is 20.9 Å². The first-order chi connectivity index (χ1) is 14.1. The maximum atomic E-state index is 12.6. The average molecular weight is 388 g/mol. The molecule has 6 heteroatoms. The lowest BCUT2D eigenvalue weighted by molar-refractivity contribution is -0.122. The van der Waals surface area contributed by atoms with Crippen molar-refractivity contribution in [2.75, 3.05) is 0 Å². The van der Waals surface area contributed by atoms with Gasteiger partial charge in [0.2, 0.25) is 5.91 Å². The van der Waals surface area contributed by atoms with Gasteiger partial charge < -0.3 is 14.7 Å². The summed E-state index contributed by atoms with van der Waals surface area (Å²) in [5, 5.41) is 3.10. The minimum absolute atomic E-state index is 0.0522. The molecule has 1 unspecified atom stereocenters. The van der Waals surface area contributed by atoms with Crippen LogP contribution in [0.3, 0.4) is 0 Å². The molecule has 29 heavy (non-hydrogen) atoms. The van der Waals surface area contributed by atoms with E-state index < -0.39 is 0 Å². The second kappa shape index (κ2) is 8.31. The molecule has 0 spiro atoms. The van der Waals surface area contributed by atoms with Crippen molar-refractivity contribution >= 4 is 16.9 Å². The zero-order chi connectivity index (χ0) is 20.2. The van der Waals surface area contributed by atoms with Gasteiger partial charge in [-0.3, -0.25) is 4.79 Å². The Morgan fingerprint density at radius 3 is 2.62 bits per heavy atom. The lowest BCUT2D eigenvalue weighted by Gasteiger charge is -2.20. The summed E-state index contributed by atoms with van der Waals surface area (Å²) in [4.78, 5) is 24.8. The molecule has 1 amide bonds. The molecule has 0 fully saturated rings. The number of nitrogens with one attached hydrogen (secondary N) is 2. The molecule has 2 N–H and O–H groups in total. The van der Waals surface area contributed by atoms with E-state index in [0.29, 0.717) is 24.5 Å². The standard InChI is InChI=1S/C23H24N4O2/c1-15(2)22(23-25-17-10-6-7-11-18(17)26-23)27-20(28)12-13-21-24-14-19(29-21)16-8-4-3-5-9-16/h3-11,14-15,22H,12-13H2,1-2H3,(H,25,26)(H,27,28). The van der Waals surface area contributed by atoms with Crippen LogP contribution in [0.15, 0.2) is 65.2 Å². The summed E-state index contributed by atoms with van der Waals surface area (Å²) >= 11 is 0. The van der Waals surface area contributed by atoms with Crippen LogP contribution < -0.4 is 5.32 Å². The number of H-pyrrole nitrogens is 1. The third-order valence-electron chi connectivity index (χ3n) is 4.86. The predicted octanol–water partition coefficient (Wildman–Crippen LogP) is 4.66. The topological polar surface area (TPSA) is 83.8 Å². The molecule has 1 atom stereocenters. The van der Waals surface area contributed by atoms with Gasteiger partial charge in [-0.05, 0) is 18.1 Å². The predicted molar refractivity (Wildman–Crippen MR) is 112 cm³/mol. The van der Waals surface area contributed by atoms with Crippen molar-refractivity contribution in [2.45, 2.75) is 32.7 Å². The van der Waals surface area contributed by atoms with Gasteiger partial charge in [-0.1, -0.05) is 56.3 Å². The van der Waals surface area contributed by atoms with E-state index in [0.717, 1.165) is 22.4 Å². The fourth-order valence-electron chi connectivity index (χ4n) is 3.30. The summed E-state index contributed by atoms with van der Waals surface area (Å²) < 4.78 is 5.79. The van der Waals surface area contributed by atoms with E-state index in [2.05, 4.69) is 34.1 Å². The highest BCUT2D eigenvalue weighted by molar-refractivity contribution is 5.77. The molecule has 0 aliphatic heterocycles. The Morgan fingerprint density at radius 2 is 1.86 bits per heavy atom. The zero-order valence-electron chi connectivity index (χ0n) is 16.6. The van der Waals surface area contributed by atoms with E-state index in [9.17, 15) is 4.79 Å². The smallest absolute Gasteiger partial charge is 0.221 e. The Bertz CT molecular complexity index is 1070. The van der Waals surface area contributed by atoms with Crippen LogP contribution in [0.1, 0.15) is 38.0 Å². The molecule has 2 heterocycles. The molecule has 0 aliphatic rings. The van der Waals surface area contributed by atoms with Crippen molar-refractivity contribution in [2.24, 2.45) is 5.92 Å². The molecule has 0 saturated heterocycles. The van der Waals surface area contributed by atoms with Crippen LogP contribution in [0.2, 0.25) is 0 Å². The van der Waals surface area contributed by atoms with E-state index in [-0.39, 0.29) is 17.9 Å². The van der Waals surface area contributed by atoms with Gasteiger partial charge in [0.05, 0.1) is 23.3 Å². The van der Waals surface area contributed by atoms with Crippen molar-refractivity contribution in [1.29, 1.82) is 0 Å². The van der Waals surface area contributed by atoms with E-state index in [1.165, 1.54) is 0 Å². The SMILES string of the molecule is CC(C)C(NC(=O)CCc1ncc(-c2ccccc2)o1)c1nc2ccccc2[nH]1. The summed E-state index contributed by atoms with van der Waals surface area (Å²) in [5.74, 6) is 2.19. The van der Waals surface area contributed by atoms with Crippen LogP contribution in [0, 0.1) is 5.92 Å². The molecule has 0 radical (unpaired) electrons. The summed E-state index contributed by atoms with van der Waals surface area (Å²) in [7, 11) is 0. The van der Waals surface area contributed by atoms with E-state index in [4.69, 9.17) is 4.42 Å². The fraction of sp³-hybridized carbons (Fsp3) is 0.261. The number of amides is 1. The third-order valence-corrected chi connectivity index (χ3v) is 4.86. The van der Waals surface area contributed by atoms with Crippen molar-refractivity contribution in [3.63, 3.8) is 0 Å². The maximum absolute atomic E-state index is 12.6. The van der Waals surface area contributed by atoms with Gasteiger partial charge in [-0.2, -0.15) is 0 Å². The van der Waals surface area contributed by atoms with Crippen molar-refractivity contribution in [3.05, 3.63) is 72.5 Å². The first kappa shape index (κ1) is 18.9. The van der Waals surface area contributed by atoms with Gasteiger partial charge in [-0.15, -0.1) is 0 Å². The molecule has 0 bridgehead atoms. The summed E-state index contributed by atoms with van der Waals surface area (Å²) in [5.41, 5.74) is 2.84. The second-order valence-corrected chi connectivity index (χ2v) is 7.41. The summed E-state index contributed by atoms with van der Waals surface area (Å²) in [6.07, 6.45) is 2.45. The van der Waals surface area contributed by atoms with Gasteiger partial charge in [0.15, 0.2) is 11.7 Å². The number of hydrogen-bond acceptors (Lipinski definition) is 4. The highest BCUT2D eigenvalue weighted by Gasteiger charge is 2.22. The Hall–Kier alpha value is -3.41. The van der Waals surface area contributed by atoms with Crippen molar-refractivity contribution in [3.8, 4) is 11.3 Å². The number of aromatic nitrogens is 3. The number of aryl methyl sites for hydroxylation is 1. The minimum Gasteiger partial charge on any atom is -0.441 e. The maximum Gasteiger partial charge on any atom is 0.221 e. The molecule has 4 aromatic rings. The Kier molecular flexibility index (Phi) is 5.42. The number of benzene rings is 2. The molecule has 0 aliphatic carbocycles. The number of imidazole rings is 1. The van der Waals surface area contributed by atoms with E-state index >= 15 is 0 Å². The molecule has 6 nitrogen and oxygen atoms in total. The molecular formula is C23H24N4O2. The first-order valence-corrected chi connectivity index (χ1v) is 9.84. The van der Waals surface area contributed by atoms with Gasteiger partial charge in [0.1, 0.15) is 5.82 Å². The monoisotopic (exact) mass is 388 g/mol. The Balaban J connectivity index is 1.39. The van der Waals surface area contributed by atoms with Gasteiger partial charge >= 0.3 is 0 Å². The van der Waals surface area contributed by atoms with Gasteiger partial charge in [-0.25, -0.2) is 9.97 Å². The van der Waals surface area contributed by atoms with Crippen LogP contribution in [0.25, 0.3) is 22.4 Å². The van der Waals surface area contributed by atoms with Crippen LogP contribution >= 0.6 is 0 Å². The number of rotatable bonds is 7. The Labute approximate surface area is 169 Å². The van der Waals surface area contributed by atoms with Gasteiger partial charge in [0.25, 0.3) is 0 Å². The number of carbonyl (C=O) groups is 1. The number of hydrogen-bond donors (Lipinski definition) is 2. The number of oxazole rings is 1. The molecule has 0 saturated carbocycles. The largest absolute Gasteiger partial charge is 0.441 e. The third kappa shape index (κ3) is 4.37. The second-order valence-electron chi connectivity index (χ2n) is 7.41. The molecular weight excluding hydrogens is 364 g/mol. The lowest BCUT2D eigenvalue weighted by Crippen LogP contribution is -2.32. The number of para-hydroxylation sites is 2. The van der Waals surface area contributed by atoms with Crippen molar-refractivity contribution < 1.29 is 9.21 Å². The van der Waals surface area contributed by atoms with Crippen molar-refractivity contribution in [1.82, 2.24) is 20.3 Å². The van der Waals surface area contributed by atoms with Crippen LogP contribution in [0.4, 0.5) is 0 Å². The number of carbonyl (C=O) groups excluding carboxylic acids is 1. The summed E-state index contributed by atoms with van der Waals surface area (Å²) in [6.45, 7) is 4.14. The quantitative estimate of drug-likeness (QED) is 0.482. The minimum atomic E-state index is -0.181. The Morgan fingerprint density at radius 1 is 1.10 bits per heavy atom. The number of fused-ring (bicyclic) bond motifs is 1. The van der Waals surface area contributed by atoms with Gasteiger partial charge in [0, 0.05) is 18.4 Å². The first-order valence-electron chi connectivity index (χ1n) is 9.84. The highest BCUT2D eigenvalue weighted by Crippen LogP contribution is 2.23. The molecule has 4 rings (SSSR count). The lowest BCUT2D eigenvalue weighted by atomic mass is 10.0. The highest BCUT2D eigenvalue weighted by atomic mass is 16.4.